The molecule has 29 heavy (non-hydrogen) atoms. The Morgan fingerprint density at radius 2 is 1.79 bits per heavy atom. The summed E-state index contributed by atoms with van der Waals surface area (Å²) in [6.45, 7) is 2.46. The van der Waals surface area contributed by atoms with Crippen LogP contribution in [0.3, 0.4) is 0 Å². The van der Waals surface area contributed by atoms with Crippen molar-refractivity contribution < 1.29 is 28.3 Å². The number of carbonyl (C=O) groups is 2. The second kappa shape index (κ2) is 7.71. The van der Waals surface area contributed by atoms with Gasteiger partial charge in [-0.3, -0.25) is 9.59 Å². The number of Topliss-reactive ketones (excluding diaryl/α,β-unsaturated/α-hetero) is 1. The van der Waals surface area contributed by atoms with E-state index in [2.05, 4.69) is 0 Å². The molecule has 1 aliphatic rings. The summed E-state index contributed by atoms with van der Waals surface area (Å²) in [6.07, 6.45) is 2.95. The molecule has 1 amide bonds. The number of nitrogens with zero attached hydrogens (tertiary/aromatic N) is 1. The molecule has 7 nitrogen and oxygen atoms in total. The number of rotatable bonds is 6. The van der Waals surface area contributed by atoms with E-state index in [0.717, 1.165) is 0 Å². The first-order valence-corrected chi connectivity index (χ1v) is 9.17. The van der Waals surface area contributed by atoms with Crippen LogP contribution in [0.15, 0.2) is 75.5 Å². The lowest BCUT2D eigenvalue weighted by Gasteiger charge is -2.22. The number of aliphatic hydroxyl groups is 1. The van der Waals surface area contributed by atoms with Crippen LogP contribution in [-0.2, 0) is 16.1 Å². The van der Waals surface area contributed by atoms with E-state index in [1.807, 2.05) is 6.92 Å². The zero-order valence-electron chi connectivity index (χ0n) is 15.7. The second-order valence-corrected chi connectivity index (χ2v) is 6.48. The Kier molecular flexibility index (Phi) is 4.95. The number of ether oxygens (including phenoxy) is 1. The molecule has 4 rings (SSSR count). The molecule has 1 unspecified atom stereocenters. The van der Waals surface area contributed by atoms with Crippen LogP contribution in [0.25, 0.3) is 5.76 Å². The molecule has 0 spiro atoms. The quantitative estimate of drug-likeness (QED) is 0.388. The summed E-state index contributed by atoms with van der Waals surface area (Å²) < 4.78 is 16.2. The van der Waals surface area contributed by atoms with Gasteiger partial charge in [-0.1, -0.05) is 0 Å². The van der Waals surface area contributed by atoms with E-state index < -0.39 is 17.7 Å². The number of hydrogen-bond donors (Lipinski definition) is 1. The molecule has 1 atom stereocenters. The average Bonchev–Trinajstić information content (AvgIpc) is 3.47. The summed E-state index contributed by atoms with van der Waals surface area (Å²) in [5, 5.41) is 10.9. The maximum atomic E-state index is 12.8. The molecular weight excluding hydrogens is 374 g/mol. The van der Waals surface area contributed by atoms with Gasteiger partial charge >= 0.3 is 0 Å². The van der Waals surface area contributed by atoms with E-state index in [0.29, 0.717) is 29.4 Å². The smallest absolute Gasteiger partial charge is 0.296 e. The normalized spacial score (nSPS) is 18.4. The van der Waals surface area contributed by atoms with Crippen molar-refractivity contribution in [2.45, 2.75) is 19.5 Å². The molecule has 0 radical (unpaired) electrons. The molecule has 148 valence electrons. The zero-order chi connectivity index (χ0) is 20.4. The molecule has 1 saturated heterocycles. The second-order valence-electron chi connectivity index (χ2n) is 6.48. The zero-order valence-corrected chi connectivity index (χ0v) is 15.7. The van der Waals surface area contributed by atoms with Crippen molar-refractivity contribution in [3.63, 3.8) is 0 Å². The van der Waals surface area contributed by atoms with Crippen molar-refractivity contribution in [3.05, 3.63) is 83.7 Å². The molecule has 3 heterocycles. The minimum absolute atomic E-state index is 0.0272. The van der Waals surface area contributed by atoms with E-state index in [9.17, 15) is 14.7 Å². The topological polar surface area (TPSA) is 93.1 Å². The van der Waals surface area contributed by atoms with E-state index in [1.54, 1.807) is 48.5 Å². The highest BCUT2D eigenvalue weighted by atomic mass is 16.5. The van der Waals surface area contributed by atoms with Crippen LogP contribution in [0.4, 0.5) is 0 Å². The Labute approximate surface area is 166 Å². The summed E-state index contributed by atoms with van der Waals surface area (Å²) in [7, 11) is 0. The number of furan rings is 2. The summed E-state index contributed by atoms with van der Waals surface area (Å²) in [4.78, 5) is 26.9. The minimum Gasteiger partial charge on any atom is -0.507 e. The lowest BCUT2D eigenvalue weighted by Crippen LogP contribution is -2.28. The molecule has 0 bridgehead atoms. The highest BCUT2D eigenvalue weighted by molar-refractivity contribution is 6.46. The Morgan fingerprint density at radius 3 is 2.41 bits per heavy atom. The lowest BCUT2D eigenvalue weighted by atomic mass is 9.99. The maximum absolute atomic E-state index is 12.8. The number of amides is 1. The predicted molar refractivity (Wildman–Crippen MR) is 103 cm³/mol. The van der Waals surface area contributed by atoms with Gasteiger partial charge in [-0.05, 0) is 55.5 Å². The van der Waals surface area contributed by atoms with Gasteiger partial charge in [-0.25, -0.2) is 0 Å². The first-order chi connectivity index (χ1) is 14.1. The summed E-state index contributed by atoms with van der Waals surface area (Å²) >= 11 is 0. The SMILES string of the molecule is CCOc1ccc(/C(O)=C2\C(=O)C(=O)N(Cc3ccco3)C2c2ccco2)cc1. The standard InChI is InChI=1S/C22H19NO6/c1-2-27-15-9-7-14(8-10-15)20(24)18-19(17-6-4-12-29-17)23(22(26)21(18)25)13-16-5-3-11-28-16/h3-12,19,24H,2,13H2,1H3/b20-18+. The molecule has 0 aliphatic carbocycles. The van der Waals surface area contributed by atoms with Gasteiger partial charge in [0.15, 0.2) is 0 Å². The largest absolute Gasteiger partial charge is 0.507 e. The van der Waals surface area contributed by atoms with Crippen molar-refractivity contribution in [1.29, 1.82) is 0 Å². The molecule has 7 heteroatoms. The first kappa shape index (κ1) is 18.6. The van der Waals surface area contributed by atoms with Crippen molar-refractivity contribution in [1.82, 2.24) is 4.90 Å². The third-order valence-corrected chi connectivity index (χ3v) is 4.70. The van der Waals surface area contributed by atoms with Crippen LogP contribution in [0.2, 0.25) is 0 Å². The highest BCUT2D eigenvalue weighted by Gasteiger charge is 2.47. The van der Waals surface area contributed by atoms with E-state index in [1.165, 1.54) is 17.4 Å². The number of hydrogen-bond acceptors (Lipinski definition) is 6. The number of ketones is 1. The van der Waals surface area contributed by atoms with Crippen LogP contribution >= 0.6 is 0 Å². The molecule has 0 saturated carbocycles. The molecule has 1 fully saturated rings. The fourth-order valence-electron chi connectivity index (χ4n) is 3.39. The van der Waals surface area contributed by atoms with Crippen LogP contribution in [0.1, 0.15) is 30.0 Å². The molecule has 1 aliphatic heterocycles. The Bertz CT molecular complexity index is 1030. The van der Waals surface area contributed by atoms with E-state index in [4.69, 9.17) is 13.6 Å². The van der Waals surface area contributed by atoms with Gasteiger partial charge in [-0.2, -0.15) is 0 Å². The van der Waals surface area contributed by atoms with Gasteiger partial charge < -0.3 is 23.6 Å². The Balaban J connectivity index is 1.78. The van der Waals surface area contributed by atoms with Gasteiger partial charge in [0.25, 0.3) is 11.7 Å². The fourth-order valence-corrected chi connectivity index (χ4v) is 3.39. The number of aliphatic hydroxyl groups excluding tert-OH is 1. The molecule has 1 N–H and O–H groups in total. The number of carbonyl (C=O) groups excluding carboxylic acids is 2. The monoisotopic (exact) mass is 393 g/mol. The van der Waals surface area contributed by atoms with Crippen LogP contribution in [0.5, 0.6) is 5.75 Å². The van der Waals surface area contributed by atoms with Gasteiger partial charge in [0.1, 0.15) is 29.1 Å². The van der Waals surface area contributed by atoms with Gasteiger partial charge in [0.05, 0.1) is 31.3 Å². The fraction of sp³-hybridized carbons (Fsp3) is 0.182. The van der Waals surface area contributed by atoms with Crippen molar-refractivity contribution in [2.75, 3.05) is 6.61 Å². The molecule has 3 aromatic rings. The van der Waals surface area contributed by atoms with Gasteiger partial charge in [0, 0.05) is 5.56 Å². The first-order valence-electron chi connectivity index (χ1n) is 9.17. The third kappa shape index (κ3) is 3.42. The van der Waals surface area contributed by atoms with Crippen LogP contribution in [-0.4, -0.2) is 28.3 Å². The van der Waals surface area contributed by atoms with Crippen molar-refractivity contribution in [3.8, 4) is 5.75 Å². The van der Waals surface area contributed by atoms with Crippen LogP contribution in [0, 0.1) is 0 Å². The average molecular weight is 393 g/mol. The van der Waals surface area contributed by atoms with Crippen molar-refractivity contribution >= 4 is 17.4 Å². The maximum Gasteiger partial charge on any atom is 0.296 e. The van der Waals surface area contributed by atoms with E-state index >= 15 is 0 Å². The van der Waals surface area contributed by atoms with Crippen LogP contribution < -0.4 is 4.74 Å². The lowest BCUT2D eigenvalue weighted by molar-refractivity contribution is -0.140. The molecule has 2 aromatic heterocycles. The van der Waals surface area contributed by atoms with E-state index in [-0.39, 0.29) is 17.9 Å². The minimum atomic E-state index is -0.860. The highest BCUT2D eigenvalue weighted by Crippen LogP contribution is 2.40. The Hall–Kier alpha value is -3.74. The van der Waals surface area contributed by atoms with Gasteiger partial charge in [0.2, 0.25) is 0 Å². The Morgan fingerprint density at radius 1 is 1.07 bits per heavy atom. The predicted octanol–water partition coefficient (Wildman–Crippen LogP) is 3.89. The van der Waals surface area contributed by atoms with Gasteiger partial charge in [-0.15, -0.1) is 0 Å². The summed E-state index contributed by atoms with van der Waals surface area (Å²) in [5.41, 5.74) is 0.377. The third-order valence-electron chi connectivity index (χ3n) is 4.70. The van der Waals surface area contributed by atoms with Crippen molar-refractivity contribution in [2.24, 2.45) is 0 Å². The summed E-state index contributed by atoms with van der Waals surface area (Å²) in [6, 6.07) is 12.5. The molecule has 1 aromatic carbocycles. The summed E-state index contributed by atoms with van der Waals surface area (Å²) in [5.74, 6) is -0.230. The number of likely N-dealkylation sites (tertiary alicyclic amines) is 1. The number of benzene rings is 1. The molecular formula is C22H19NO6.